The number of unbranched alkanes of at least 4 members (excludes halogenated alkanes) is 1. The van der Waals surface area contributed by atoms with E-state index in [1.807, 2.05) is 18.4 Å². The average molecular weight is 351 g/mol. The first kappa shape index (κ1) is 17.9. The Morgan fingerprint density at radius 2 is 2.04 bits per heavy atom. The van der Waals surface area contributed by atoms with Crippen LogP contribution in [0.3, 0.4) is 0 Å². The van der Waals surface area contributed by atoms with Gasteiger partial charge in [-0.25, -0.2) is 0 Å². The molecule has 1 N–H and O–H groups in total. The number of amides is 1. The molecule has 0 aliphatic rings. The summed E-state index contributed by atoms with van der Waals surface area (Å²) in [6, 6.07) is 8.00. The number of aromatic nitrogens is 2. The minimum Gasteiger partial charge on any atom is -0.415 e. The molecule has 2 rings (SSSR count). The lowest BCUT2D eigenvalue weighted by atomic mass is 10.1. The average Bonchev–Trinajstić information content (AvgIpc) is 3.00. The number of rotatable bonds is 9. The largest absolute Gasteiger partial charge is 0.415 e. The Morgan fingerprint density at radius 3 is 2.74 bits per heavy atom. The van der Waals surface area contributed by atoms with Crippen LogP contribution in [0.15, 0.2) is 33.9 Å². The summed E-state index contributed by atoms with van der Waals surface area (Å²) in [5.41, 5.74) is 2.11. The number of thioether (sulfide) groups is 2. The second kappa shape index (κ2) is 9.62. The summed E-state index contributed by atoms with van der Waals surface area (Å²) in [5.74, 6) is 1.44. The van der Waals surface area contributed by atoms with Crippen LogP contribution in [0.1, 0.15) is 31.2 Å². The van der Waals surface area contributed by atoms with E-state index < -0.39 is 0 Å². The Morgan fingerprint density at radius 1 is 1.26 bits per heavy atom. The molecule has 1 heterocycles. The van der Waals surface area contributed by atoms with Gasteiger partial charge in [0.15, 0.2) is 0 Å². The number of anilines is 1. The molecule has 1 aromatic heterocycles. The summed E-state index contributed by atoms with van der Waals surface area (Å²) < 4.78 is 5.42. The molecule has 0 unspecified atom stereocenters. The van der Waals surface area contributed by atoms with Gasteiger partial charge in [-0.05, 0) is 36.8 Å². The second-order valence-electron chi connectivity index (χ2n) is 5.03. The van der Waals surface area contributed by atoms with E-state index in [9.17, 15) is 4.79 Å². The van der Waals surface area contributed by atoms with Crippen LogP contribution in [-0.4, -0.2) is 28.1 Å². The summed E-state index contributed by atoms with van der Waals surface area (Å²) >= 11 is 2.86. The third-order valence-corrected chi connectivity index (χ3v) is 4.45. The van der Waals surface area contributed by atoms with Crippen molar-refractivity contribution < 1.29 is 9.21 Å². The van der Waals surface area contributed by atoms with Crippen LogP contribution in [0.4, 0.5) is 5.69 Å². The number of hydrogen-bond donors (Lipinski definition) is 1. The highest BCUT2D eigenvalue weighted by Crippen LogP contribution is 2.18. The maximum atomic E-state index is 11.9. The highest BCUT2D eigenvalue weighted by atomic mass is 32.2. The zero-order valence-corrected chi connectivity index (χ0v) is 15.0. The molecule has 0 aliphatic heterocycles. The molecule has 1 amide bonds. The molecular formula is C16H21N3O2S2. The second-order valence-corrected chi connectivity index (χ2v) is 6.82. The summed E-state index contributed by atoms with van der Waals surface area (Å²) in [6.07, 6.45) is 5.42. The first-order valence-electron chi connectivity index (χ1n) is 7.54. The summed E-state index contributed by atoms with van der Waals surface area (Å²) in [6.45, 7) is 2.18. The van der Waals surface area contributed by atoms with Gasteiger partial charge in [-0.15, -0.1) is 10.2 Å². The summed E-state index contributed by atoms with van der Waals surface area (Å²) in [5, 5.41) is 11.1. The zero-order valence-electron chi connectivity index (χ0n) is 13.4. The molecule has 0 fully saturated rings. The fraction of sp³-hybridized carbons (Fsp3) is 0.438. The van der Waals surface area contributed by atoms with Crippen LogP contribution in [0.25, 0.3) is 0 Å². The van der Waals surface area contributed by atoms with Gasteiger partial charge in [0.05, 0.1) is 11.5 Å². The van der Waals surface area contributed by atoms with Crippen molar-refractivity contribution in [2.75, 3.05) is 17.3 Å². The molecule has 7 heteroatoms. The van der Waals surface area contributed by atoms with E-state index in [1.54, 1.807) is 11.8 Å². The van der Waals surface area contributed by atoms with Crippen molar-refractivity contribution in [3.05, 3.63) is 35.7 Å². The Balaban J connectivity index is 1.77. The molecule has 0 aliphatic carbocycles. The maximum Gasteiger partial charge on any atom is 0.277 e. The van der Waals surface area contributed by atoms with E-state index in [4.69, 9.17) is 4.42 Å². The van der Waals surface area contributed by atoms with Crippen LogP contribution < -0.4 is 5.32 Å². The Kier molecular flexibility index (Phi) is 7.48. The van der Waals surface area contributed by atoms with Crippen molar-refractivity contribution in [3.8, 4) is 0 Å². The number of nitrogens with one attached hydrogen (secondary N) is 1. The smallest absolute Gasteiger partial charge is 0.277 e. The number of benzene rings is 1. The molecule has 0 bridgehead atoms. The molecule has 0 saturated carbocycles. The molecule has 0 spiro atoms. The molecule has 23 heavy (non-hydrogen) atoms. The number of nitrogens with zero attached hydrogens (tertiary/aromatic N) is 2. The van der Waals surface area contributed by atoms with Crippen molar-refractivity contribution in [3.63, 3.8) is 0 Å². The fourth-order valence-corrected chi connectivity index (χ4v) is 2.88. The van der Waals surface area contributed by atoms with Crippen molar-refractivity contribution >= 4 is 35.1 Å². The monoisotopic (exact) mass is 351 g/mol. The maximum absolute atomic E-state index is 11.9. The predicted molar refractivity (Wildman–Crippen MR) is 95.9 cm³/mol. The van der Waals surface area contributed by atoms with E-state index in [0.717, 1.165) is 12.1 Å². The third-order valence-electron chi connectivity index (χ3n) is 3.10. The van der Waals surface area contributed by atoms with Crippen LogP contribution in [-0.2, 0) is 17.0 Å². The number of carbonyl (C=O) groups excluding carboxylic acids is 1. The lowest BCUT2D eigenvalue weighted by molar-refractivity contribution is -0.113. The van der Waals surface area contributed by atoms with Gasteiger partial charge in [0.25, 0.3) is 5.22 Å². The van der Waals surface area contributed by atoms with Crippen LogP contribution >= 0.6 is 23.5 Å². The molecule has 0 radical (unpaired) electrons. The van der Waals surface area contributed by atoms with Gasteiger partial charge in [-0.2, -0.15) is 11.8 Å². The van der Waals surface area contributed by atoms with Crippen molar-refractivity contribution in [1.29, 1.82) is 0 Å². The normalized spacial score (nSPS) is 10.7. The van der Waals surface area contributed by atoms with Gasteiger partial charge in [0, 0.05) is 5.69 Å². The van der Waals surface area contributed by atoms with E-state index >= 15 is 0 Å². The van der Waals surface area contributed by atoms with E-state index in [1.165, 1.54) is 30.2 Å². The molecule has 0 atom stereocenters. The fourth-order valence-electron chi connectivity index (χ4n) is 1.94. The Hall–Kier alpha value is -1.47. The lowest BCUT2D eigenvalue weighted by Gasteiger charge is -2.05. The molecule has 124 valence electrons. The Labute approximate surface area is 145 Å². The highest BCUT2D eigenvalue weighted by molar-refractivity contribution is 7.99. The summed E-state index contributed by atoms with van der Waals surface area (Å²) in [4.78, 5) is 11.9. The topological polar surface area (TPSA) is 68.0 Å². The minimum atomic E-state index is -0.0825. The first-order valence-corrected chi connectivity index (χ1v) is 9.92. The van der Waals surface area contributed by atoms with E-state index in [2.05, 4.69) is 34.6 Å². The van der Waals surface area contributed by atoms with Gasteiger partial charge >= 0.3 is 0 Å². The quantitative estimate of drug-likeness (QED) is 0.689. The van der Waals surface area contributed by atoms with Crippen molar-refractivity contribution in [1.82, 2.24) is 10.2 Å². The van der Waals surface area contributed by atoms with E-state index in [-0.39, 0.29) is 11.7 Å². The third kappa shape index (κ3) is 6.27. The van der Waals surface area contributed by atoms with Gasteiger partial charge in [-0.3, -0.25) is 4.79 Å². The minimum absolute atomic E-state index is 0.0825. The van der Waals surface area contributed by atoms with Crippen LogP contribution in [0.2, 0.25) is 0 Å². The highest BCUT2D eigenvalue weighted by Gasteiger charge is 2.09. The van der Waals surface area contributed by atoms with Crippen molar-refractivity contribution in [2.45, 2.75) is 37.2 Å². The SMILES string of the molecule is CCCCc1ccc(NC(=O)CSc2nnc(CSC)o2)cc1. The van der Waals surface area contributed by atoms with Gasteiger partial charge < -0.3 is 9.73 Å². The molecule has 0 saturated heterocycles. The van der Waals surface area contributed by atoms with Crippen LogP contribution in [0, 0.1) is 0 Å². The Bertz CT molecular complexity index is 614. The van der Waals surface area contributed by atoms with Crippen LogP contribution in [0.5, 0.6) is 0 Å². The standard InChI is InChI=1S/C16H21N3O2S2/c1-3-4-5-12-6-8-13(9-7-12)17-14(20)10-23-16-19-18-15(21-16)11-22-2/h6-9H,3-5,10-11H2,1-2H3,(H,17,20). The number of hydrogen-bond acceptors (Lipinski definition) is 6. The predicted octanol–water partition coefficient (Wildman–Crippen LogP) is 4.01. The zero-order chi connectivity index (χ0) is 16.5. The molecular weight excluding hydrogens is 330 g/mol. The molecule has 2 aromatic rings. The van der Waals surface area contributed by atoms with Gasteiger partial charge in [-0.1, -0.05) is 37.2 Å². The lowest BCUT2D eigenvalue weighted by Crippen LogP contribution is -2.13. The van der Waals surface area contributed by atoms with E-state index in [0.29, 0.717) is 16.9 Å². The summed E-state index contributed by atoms with van der Waals surface area (Å²) in [7, 11) is 0. The van der Waals surface area contributed by atoms with Gasteiger partial charge in [0.2, 0.25) is 11.8 Å². The van der Waals surface area contributed by atoms with Gasteiger partial charge in [0.1, 0.15) is 0 Å². The molecule has 1 aromatic carbocycles. The first-order chi connectivity index (χ1) is 11.2. The number of carbonyl (C=O) groups is 1. The number of aryl methyl sites for hydroxylation is 1. The molecule has 5 nitrogen and oxygen atoms in total. The van der Waals surface area contributed by atoms with Crippen molar-refractivity contribution in [2.24, 2.45) is 0 Å².